The summed E-state index contributed by atoms with van der Waals surface area (Å²) in [6.45, 7) is 2.64. The molecule has 0 aromatic heterocycles. The van der Waals surface area contributed by atoms with Crippen LogP contribution in [0.2, 0.25) is 0 Å². The van der Waals surface area contributed by atoms with Gasteiger partial charge in [0.1, 0.15) is 18.1 Å². The number of rotatable bonds is 8. The lowest BCUT2D eigenvalue weighted by Gasteiger charge is -2.08. The molecule has 0 aliphatic rings. The molecule has 0 radical (unpaired) electrons. The molecule has 1 N–H and O–H groups in total. The molecule has 7 nitrogen and oxygen atoms in total. The molecule has 0 amide bonds. The van der Waals surface area contributed by atoms with Gasteiger partial charge in [0.2, 0.25) is 0 Å². The molecule has 0 saturated carbocycles. The number of phenols is 1. The number of carbonyl (C=O) groups is 1. The molecular weight excluding hydrogens is 250 g/mol. The molecule has 0 aliphatic carbocycles. The Morgan fingerprint density at radius 3 is 2.84 bits per heavy atom. The number of ether oxygens (including phenoxy) is 2. The van der Waals surface area contributed by atoms with Crippen molar-refractivity contribution in [1.82, 2.24) is 0 Å². The predicted molar refractivity (Wildman–Crippen MR) is 68.4 cm³/mol. The number of aromatic hydroxyl groups is 1. The first-order chi connectivity index (χ1) is 9.15. The molecule has 19 heavy (non-hydrogen) atoms. The van der Waals surface area contributed by atoms with Gasteiger partial charge in [0.05, 0.1) is 18.8 Å². The van der Waals surface area contributed by atoms with Gasteiger partial charge in [-0.1, -0.05) is 5.11 Å². The SMILES string of the molecule is CC(=O)c1ccc(OCCOCCN=[N+]=[N-])cc1O. The highest BCUT2D eigenvalue weighted by atomic mass is 16.5. The van der Waals surface area contributed by atoms with Crippen molar-refractivity contribution in [2.45, 2.75) is 6.92 Å². The van der Waals surface area contributed by atoms with Gasteiger partial charge in [-0.3, -0.25) is 4.79 Å². The maximum Gasteiger partial charge on any atom is 0.163 e. The lowest BCUT2D eigenvalue weighted by molar-refractivity contribution is 0.101. The molecule has 7 heteroatoms. The number of carbonyl (C=O) groups excluding carboxylic acids is 1. The summed E-state index contributed by atoms with van der Waals surface area (Å²) in [6.07, 6.45) is 0. The van der Waals surface area contributed by atoms with E-state index in [-0.39, 0.29) is 23.6 Å². The van der Waals surface area contributed by atoms with Crippen molar-refractivity contribution in [2.75, 3.05) is 26.4 Å². The van der Waals surface area contributed by atoms with Crippen LogP contribution >= 0.6 is 0 Å². The molecule has 1 aromatic rings. The molecule has 0 unspecified atom stereocenters. The van der Waals surface area contributed by atoms with Crippen molar-refractivity contribution in [1.29, 1.82) is 0 Å². The van der Waals surface area contributed by atoms with Crippen LogP contribution < -0.4 is 4.74 Å². The summed E-state index contributed by atoms with van der Waals surface area (Å²) in [5, 5.41) is 12.9. The zero-order chi connectivity index (χ0) is 14.1. The highest BCUT2D eigenvalue weighted by Crippen LogP contribution is 2.23. The number of nitrogens with zero attached hydrogens (tertiary/aromatic N) is 3. The van der Waals surface area contributed by atoms with Gasteiger partial charge >= 0.3 is 0 Å². The van der Waals surface area contributed by atoms with E-state index in [1.165, 1.54) is 19.1 Å². The Kier molecular flexibility index (Phi) is 6.21. The minimum atomic E-state index is -0.203. The highest BCUT2D eigenvalue weighted by molar-refractivity contribution is 5.96. The topological polar surface area (TPSA) is 105 Å². The summed E-state index contributed by atoms with van der Waals surface area (Å²) in [4.78, 5) is 13.7. The van der Waals surface area contributed by atoms with E-state index in [1.807, 2.05) is 0 Å². The van der Waals surface area contributed by atoms with Crippen molar-refractivity contribution < 1.29 is 19.4 Å². The van der Waals surface area contributed by atoms with E-state index < -0.39 is 0 Å². The second-order valence-electron chi connectivity index (χ2n) is 3.65. The molecule has 102 valence electrons. The molecule has 0 fully saturated rings. The Labute approximate surface area is 110 Å². The number of ketones is 1. The minimum Gasteiger partial charge on any atom is -0.507 e. The van der Waals surface area contributed by atoms with E-state index in [1.54, 1.807) is 6.07 Å². The molecule has 0 bridgehead atoms. The van der Waals surface area contributed by atoms with Crippen LogP contribution in [0.1, 0.15) is 17.3 Å². The Balaban J connectivity index is 2.32. The van der Waals surface area contributed by atoms with Crippen LogP contribution in [0.25, 0.3) is 10.4 Å². The van der Waals surface area contributed by atoms with Gasteiger partial charge in [-0.15, -0.1) is 0 Å². The van der Waals surface area contributed by atoms with E-state index >= 15 is 0 Å². The maximum atomic E-state index is 11.1. The van der Waals surface area contributed by atoms with Crippen molar-refractivity contribution >= 4 is 5.78 Å². The van der Waals surface area contributed by atoms with Crippen LogP contribution in [0.4, 0.5) is 0 Å². The van der Waals surface area contributed by atoms with E-state index in [2.05, 4.69) is 10.0 Å². The van der Waals surface area contributed by atoms with Crippen LogP contribution in [0.5, 0.6) is 11.5 Å². The molecule has 0 atom stereocenters. The summed E-state index contributed by atoms with van der Waals surface area (Å²) in [6, 6.07) is 4.50. The number of phenolic OH excluding ortho intramolecular Hbond substituents is 1. The van der Waals surface area contributed by atoms with Crippen LogP contribution in [0, 0.1) is 0 Å². The summed E-state index contributed by atoms with van der Waals surface area (Å²) in [5.74, 6) is 0.154. The fourth-order valence-corrected chi connectivity index (χ4v) is 1.37. The molecule has 0 heterocycles. The first-order valence-electron chi connectivity index (χ1n) is 5.70. The van der Waals surface area contributed by atoms with Crippen molar-refractivity contribution in [2.24, 2.45) is 5.11 Å². The molecule has 1 aromatic carbocycles. The lowest BCUT2D eigenvalue weighted by atomic mass is 10.1. The van der Waals surface area contributed by atoms with Gasteiger partial charge in [-0.05, 0) is 24.6 Å². The number of Topliss-reactive ketones (excluding diaryl/α,β-unsaturated/α-hetero) is 1. The standard InChI is InChI=1S/C12H15N3O4/c1-9(16)11-3-2-10(8-12(11)17)19-7-6-18-5-4-14-15-13/h2-3,8,17H,4-7H2,1H3. The van der Waals surface area contributed by atoms with Gasteiger partial charge in [0.25, 0.3) is 0 Å². The van der Waals surface area contributed by atoms with Crippen molar-refractivity contribution in [3.8, 4) is 11.5 Å². The monoisotopic (exact) mass is 265 g/mol. The van der Waals surface area contributed by atoms with Gasteiger partial charge < -0.3 is 14.6 Å². The van der Waals surface area contributed by atoms with Crippen molar-refractivity contribution in [3.63, 3.8) is 0 Å². The average Bonchev–Trinajstić information content (AvgIpc) is 2.37. The third-order valence-electron chi connectivity index (χ3n) is 2.24. The van der Waals surface area contributed by atoms with Gasteiger partial charge in [-0.25, -0.2) is 0 Å². The number of azide groups is 1. The second-order valence-corrected chi connectivity index (χ2v) is 3.65. The summed E-state index contributed by atoms with van der Waals surface area (Å²) in [7, 11) is 0. The summed E-state index contributed by atoms with van der Waals surface area (Å²) >= 11 is 0. The third-order valence-corrected chi connectivity index (χ3v) is 2.24. The number of benzene rings is 1. The van der Waals surface area contributed by atoms with Crippen molar-refractivity contribution in [3.05, 3.63) is 34.2 Å². The zero-order valence-electron chi connectivity index (χ0n) is 10.6. The van der Waals surface area contributed by atoms with E-state index in [0.717, 1.165) is 0 Å². The number of hydrogen-bond acceptors (Lipinski definition) is 5. The fourth-order valence-electron chi connectivity index (χ4n) is 1.37. The fraction of sp³-hybridized carbons (Fsp3) is 0.417. The molecular formula is C12H15N3O4. The summed E-state index contributed by atoms with van der Waals surface area (Å²) < 4.78 is 10.5. The van der Waals surface area contributed by atoms with Gasteiger partial charge in [0.15, 0.2) is 5.78 Å². The van der Waals surface area contributed by atoms with Gasteiger partial charge in [0, 0.05) is 17.5 Å². The van der Waals surface area contributed by atoms with Gasteiger partial charge in [-0.2, -0.15) is 0 Å². The smallest absolute Gasteiger partial charge is 0.163 e. The Morgan fingerprint density at radius 2 is 2.21 bits per heavy atom. The third kappa shape index (κ3) is 5.29. The van der Waals surface area contributed by atoms with Crippen LogP contribution in [0.15, 0.2) is 23.3 Å². The van der Waals surface area contributed by atoms with Crippen LogP contribution in [-0.4, -0.2) is 37.3 Å². The Morgan fingerprint density at radius 1 is 1.42 bits per heavy atom. The average molecular weight is 265 g/mol. The highest BCUT2D eigenvalue weighted by Gasteiger charge is 2.07. The zero-order valence-corrected chi connectivity index (χ0v) is 10.6. The molecule has 1 rings (SSSR count). The van der Waals surface area contributed by atoms with E-state index in [9.17, 15) is 9.90 Å². The molecule has 0 saturated heterocycles. The largest absolute Gasteiger partial charge is 0.507 e. The van der Waals surface area contributed by atoms with Crippen LogP contribution in [0.3, 0.4) is 0 Å². The van der Waals surface area contributed by atoms with Crippen LogP contribution in [-0.2, 0) is 4.74 Å². The molecule has 0 spiro atoms. The Hall–Kier alpha value is -2.24. The van der Waals surface area contributed by atoms with E-state index in [0.29, 0.717) is 25.6 Å². The summed E-state index contributed by atoms with van der Waals surface area (Å²) in [5.41, 5.74) is 8.30. The number of hydrogen-bond donors (Lipinski definition) is 1. The normalized spacial score (nSPS) is 9.74. The maximum absolute atomic E-state index is 11.1. The quantitative estimate of drug-likeness (QED) is 0.256. The second kappa shape index (κ2) is 7.97. The lowest BCUT2D eigenvalue weighted by Crippen LogP contribution is -2.08. The molecule has 0 aliphatic heterocycles. The Bertz CT molecular complexity index is 484. The first kappa shape index (κ1) is 14.8. The first-order valence-corrected chi connectivity index (χ1v) is 5.70. The van der Waals surface area contributed by atoms with E-state index in [4.69, 9.17) is 15.0 Å². The minimum absolute atomic E-state index is 0.103. The predicted octanol–water partition coefficient (Wildman–Crippen LogP) is 2.30.